The highest BCUT2D eigenvalue weighted by Crippen LogP contribution is 2.31. The van der Waals surface area contributed by atoms with E-state index < -0.39 is 0 Å². The fourth-order valence-corrected chi connectivity index (χ4v) is 4.86. The summed E-state index contributed by atoms with van der Waals surface area (Å²) in [5.41, 5.74) is 3.03. The summed E-state index contributed by atoms with van der Waals surface area (Å²) in [6.07, 6.45) is 4.24. The third-order valence-corrected chi connectivity index (χ3v) is 6.35. The average molecular weight is 371 g/mol. The minimum Gasteiger partial charge on any atom is -0.329 e. The lowest BCUT2D eigenvalue weighted by molar-refractivity contribution is 0.0694. The van der Waals surface area contributed by atoms with Gasteiger partial charge in [0.2, 0.25) is 0 Å². The Morgan fingerprint density at radius 1 is 1.27 bits per heavy atom. The molecule has 1 amide bonds. The van der Waals surface area contributed by atoms with Crippen molar-refractivity contribution < 1.29 is 4.79 Å². The summed E-state index contributed by atoms with van der Waals surface area (Å²) in [4.78, 5) is 15.2. The maximum absolute atomic E-state index is 13.2. The highest BCUT2D eigenvalue weighted by molar-refractivity contribution is 7.99. The monoisotopic (exact) mass is 370 g/mol. The molecule has 2 aliphatic rings. The summed E-state index contributed by atoms with van der Waals surface area (Å²) in [7, 11) is 0. The fourth-order valence-electron chi connectivity index (χ4n) is 3.77. The SMILES string of the molecule is Cc1ccc(C2CSCCN2C(=O)c2ccn(C3CCCNC3)n2)cc1. The van der Waals surface area contributed by atoms with Crippen molar-refractivity contribution in [3.63, 3.8) is 0 Å². The molecule has 0 aliphatic carbocycles. The van der Waals surface area contributed by atoms with Gasteiger partial charge in [0.15, 0.2) is 0 Å². The molecule has 2 unspecified atom stereocenters. The van der Waals surface area contributed by atoms with Crippen LogP contribution in [0.1, 0.15) is 46.5 Å². The van der Waals surface area contributed by atoms with E-state index in [9.17, 15) is 4.79 Å². The van der Waals surface area contributed by atoms with E-state index in [2.05, 4.69) is 41.6 Å². The van der Waals surface area contributed by atoms with Gasteiger partial charge in [-0.2, -0.15) is 16.9 Å². The van der Waals surface area contributed by atoms with Gasteiger partial charge in [-0.05, 0) is 37.9 Å². The van der Waals surface area contributed by atoms with Gasteiger partial charge in [0.25, 0.3) is 5.91 Å². The van der Waals surface area contributed by atoms with Crippen molar-refractivity contribution in [2.24, 2.45) is 0 Å². The molecule has 2 aromatic rings. The van der Waals surface area contributed by atoms with Gasteiger partial charge < -0.3 is 10.2 Å². The standard InChI is InChI=1S/C20H26N4OS/c1-15-4-6-16(7-5-15)19-14-26-12-11-23(19)20(25)18-8-10-24(22-18)17-3-2-9-21-13-17/h4-8,10,17,19,21H,2-3,9,11-14H2,1H3. The number of piperidine rings is 1. The lowest BCUT2D eigenvalue weighted by Gasteiger charge is -2.35. The van der Waals surface area contributed by atoms with E-state index in [0.717, 1.165) is 44.0 Å². The number of nitrogens with zero attached hydrogens (tertiary/aromatic N) is 3. The number of aromatic nitrogens is 2. The van der Waals surface area contributed by atoms with E-state index >= 15 is 0 Å². The normalized spacial score (nSPS) is 23.8. The highest BCUT2D eigenvalue weighted by atomic mass is 32.2. The minimum absolute atomic E-state index is 0.0541. The van der Waals surface area contributed by atoms with Crippen molar-refractivity contribution in [1.29, 1.82) is 0 Å². The molecule has 1 N–H and O–H groups in total. The van der Waals surface area contributed by atoms with Crippen molar-refractivity contribution in [2.75, 3.05) is 31.1 Å². The van der Waals surface area contributed by atoms with Crippen LogP contribution in [0.2, 0.25) is 0 Å². The summed E-state index contributed by atoms with van der Waals surface area (Å²) in [6, 6.07) is 10.9. The first-order valence-corrected chi connectivity index (χ1v) is 10.6. The second-order valence-corrected chi connectivity index (χ2v) is 8.33. The van der Waals surface area contributed by atoms with E-state index in [1.807, 2.05) is 33.6 Å². The largest absolute Gasteiger partial charge is 0.329 e. The van der Waals surface area contributed by atoms with Gasteiger partial charge in [-0.15, -0.1) is 0 Å². The topological polar surface area (TPSA) is 50.2 Å². The number of nitrogens with one attached hydrogen (secondary N) is 1. The predicted octanol–water partition coefficient (Wildman–Crippen LogP) is 3.05. The summed E-state index contributed by atoms with van der Waals surface area (Å²) in [5, 5.41) is 8.04. The Morgan fingerprint density at radius 2 is 2.12 bits per heavy atom. The van der Waals surface area contributed by atoms with Crippen LogP contribution < -0.4 is 5.32 Å². The third kappa shape index (κ3) is 3.67. The molecule has 6 heteroatoms. The number of benzene rings is 1. The van der Waals surface area contributed by atoms with Crippen LogP contribution in [0.15, 0.2) is 36.5 Å². The van der Waals surface area contributed by atoms with Gasteiger partial charge in [-0.3, -0.25) is 9.48 Å². The summed E-state index contributed by atoms with van der Waals surface area (Å²) in [5.74, 6) is 1.99. The molecule has 1 aromatic carbocycles. The zero-order chi connectivity index (χ0) is 17.9. The number of rotatable bonds is 3. The smallest absolute Gasteiger partial charge is 0.274 e. The van der Waals surface area contributed by atoms with Crippen LogP contribution in [0, 0.1) is 6.92 Å². The molecule has 138 valence electrons. The van der Waals surface area contributed by atoms with Crippen molar-refractivity contribution in [1.82, 2.24) is 20.0 Å². The molecule has 2 atom stereocenters. The van der Waals surface area contributed by atoms with Gasteiger partial charge in [-0.25, -0.2) is 0 Å². The third-order valence-electron chi connectivity index (χ3n) is 5.32. The van der Waals surface area contributed by atoms with E-state index in [1.54, 1.807) is 0 Å². The molecule has 2 fully saturated rings. The predicted molar refractivity (Wildman–Crippen MR) is 106 cm³/mol. The first kappa shape index (κ1) is 17.6. The fraction of sp³-hybridized carbons (Fsp3) is 0.500. The molecule has 0 spiro atoms. The van der Waals surface area contributed by atoms with E-state index in [0.29, 0.717) is 11.7 Å². The van der Waals surface area contributed by atoms with Crippen molar-refractivity contribution in [3.8, 4) is 0 Å². The molecule has 3 heterocycles. The number of aryl methyl sites for hydroxylation is 1. The molecule has 1 aromatic heterocycles. The summed E-state index contributed by atoms with van der Waals surface area (Å²) in [6.45, 7) is 4.88. The Balaban J connectivity index is 1.53. The average Bonchev–Trinajstić information content (AvgIpc) is 3.19. The van der Waals surface area contributed by atoms with E-state index in [4.69, 9.17) is 0 Å². The molecule has 2 saturated heterocycles. The van der Waals surface area contributed by atoms with Crippen LogP contribution in [0.25, 0.3) is 0 Å². The zero-order valence-electron chi connectivity index (χ0n) is 15.2. The molecule has 0 bridgehead atoms. The van der Waals surface area contributed by atoms with Crippen LogP contribution in [-0.4, -0.2) is 51.7 Å². The Bertz CT molecular complexity index is 751. The zero-order valence-corrected chi connectivity index (χ0v) is 16.0. The number of carbonyl (C=O) groups excluding carboxylic acids is 1. The van der Waals surface area contributed by atoms with Crippen LogP contribution >= 0.6 is 11.8 Å². The molecule has 5 nitrogen and oxygen atoms in total. The molecular weight excluding hydrogens is 344 g/mol. The van der Waals surface area contributed by atoms with Gasteiger partial charge >= 0.3 is 0 Å². The van der Waals surface area contributed by atoms with Gasteiger partial charge in [0.05, 0.1) is 12.1 Å². The Labute approximate surface area is 159 Å². The Hall–Kier alpha value is -1.79. The maximum Gasteiger partial charge on any atom is 0.274 e. The van der Waals surface area contributed by atoms with Crippen LogP contribution in [0.3, 0.4) is 0 Å². The molecule has 0 saturated carbocycles. The molecular formula is C20H26N4OS. The quantitative estimate of drug-likeness (QED) is 0.902. The van der Waals surface area contributed by atoms with Crippen LogP contribution in [0.4, 0.5) is 0 Å². The van der Waals surface area contributed by atoms with Crippen LogP contribution in [0.5, 0.6) is 0 Å². The maximum atomic E-state index is 13.2. The Morgan fingerprint density at radius 3 is 2.88 bits per heavy atom. The minimum atomic E-state index is 0.0541. The van der Waals surface area contributed by atoms with E-state index in [1.165, 1.54) is 11.1 Å². The number of hydrogen-bond donors (Lipinski definition) is 1. The number of amides is 1. The first-order valence-electron chi connectivity index (χ1n) is 9.43. The summed E-state index contributed by atoms with van der Waals surface area (Å²) < 4.78 is 1.97. The lowest BCUT2D eigenvalue weighted by Crippen LogP contribution is -2.41. The highest BCUT2D eigenvalue weighted by Gasteiger charge is 2.30. The van der Waals surface area contributed by atoms with Gasteiger partial charge in [0.1, 0.15) is 5.69 Å². The molecule has 0 radical (unpaired) electrons. The second kappa shape index (κ2) is 7.84. The molecule has 26 heavy (non-hydrogen) atoms. The van der Waals surface area contributed by atoms with Crippen molar-refractivity contribution in [2.45, 2.75) is 31.8 Å². The van der Waals surface area contributed by atoms with Gasteiger partial charge in [-0.1, -0.05) is 29.8 Å². The summed E-state index contributed by atoms with van der Waals surface area (Å²) >= 11 is 1.92. The van der Waals surface area contributed by atoms with Crippen molar-refractivity contribution in [3.05, 3.63) is 53.3 Å². The molecule has 4 rings (SSSR count). The number of thioether (sulfide) groups is 1. The molecule has 2 aliphatic heterocycles. The first-order chi connectivity index (χ1) is 12.7. The van der Waals surface area contributed by atoms with Gasteiger partial charge in [0, 0.05) is 30.8 Å². The second-order valence-electron chi connectivity index (χ2n) is 7.18. The van der Waals surface area contributed by atoms with Crippen molar-refractivity contribution >= 4 is 17.7 Å². The van der Waals surface area contributed by atoms with E-state index in [-0.39, 0.29) is 11.9 Å². The van der Waals surface area contributed by atoms with Crippen LogP contribution in [-0.2, 0) is 0 Å². The Kier molecular flexibility index (Phi) is 5.31. The number of hydrogen-bond acceptors (Lipinski definition) is 4. The lowest BCUT2D eigenvalue weighted by atomic mass is 10.0. The number of carbonyl (C=O) groups is 1.